The van der Waals surface area contributed by atoms with Crippen LogP contribution < -0.4 is 5.32 Å². The van der Waals surface area contributed by atoms with Gasteiger partial charge in [0.15, 0.2) is 0 Å². The molecule has 5 heteroatoms. The lowest BCUT2D eigenvalue weighted by atomic mass is 10.1. The fraction of sp³-hybridized carbons (Fsp3) is 0.0417. The van der Waals surface area contributed by atoms with E-state index in [0.29, 0.717) is 16.9 Å². The number of hydrogen-bond donors (Lipinski definition) is 2. The minimum Gasteiger partial charge on any atom is -0.507 e. The van der Waals surface area contributed by atoms with Gasteiger partial charge in [0.2, 0.25) is 0 Å². The lowest BCUT2D eigenvalue weighted by Crippen LogP contribution is -2.12. The lowest BCUT2D eigenvalue weighted by Gasteiger charge is -2.11. The number of anilines is 1. The monoisotopic (exact) mass is 381 g/mol. The average Bonchev–Trinajstić information content (AvgIpc) is 2.76. The highest BCUT2D eigenvalue weighted by atomic mass is 16.3. The number of para-hydroxylation sites is 1. The maximum atomic E-state index is 12.7. The van der Waals surface area contributed by atoms with Crippen molar-refractivity contribution < 1.29 is 9.90 Å². The largest absolute Gasteiger partial charge is 0.507 e. The topological polar surface area (TPSA) is 74.0 Å². The molecule has 5 nitrogen and oxygen atoms in total. The first kappa shape index (κ1) is 18.4. The molecule has 4 rings (SSSR count). The van der Waals surface area contributed by atoms with Gasteiger partial charge in [-0.1, -0.05) is 54.6 Å². The van der Waals surface area contributed by atoms with E-state index in [2.05, 4.69) is 15.5 Å². The zero-order valence-corrected chi connectivity index (χ0v) is 15.8. The minimum atomic E-state index is -0.366. The van der Waals surface area contributed by atoms with Crippen LogP contribution in [0.5, 0.6) is 5.75 Å². The molecule has 0 heterocycles. The molecule has 142 valence electrons. The predicted molar refractivity (Wildman–Crippen MR) is 115 cm³/mol. The second kappa shape index (κ2) is 7.94. The van der Waals surface area contributed by atoms with Crippen molar-refractivity contribution in [2.75, 3.05) is 5.32 Å². The van der Waals surface area contributed by atoms with Crippen molar-refractivity contribution in [3.63, 3.8) is 0 Å². The van der Waals surface area contributed by atoms with Crippen molar-refractivity contribution in [1.82, 2.24) is 0 Å². The Balaban J connectivity index is 1.69. The molecule has 29 heavy (non-hydrogen) atoms. The minimum absolute atomic E-state index is 0.0115. The molecule has 0 saturated carbocycles. The maximum Gasteiger partial charge on any atom is 0.259 e. The fourth-order valence-electron chi connectivity index (χ4n) is 3.12. The Labute approximate surface area is 168 Å². The van der Waals surface area contributed by atoms with E-state index in [1.807, 2.05) is 60.7 Å². The second-order valence-corrected chi connectivity index (χ2v) is 6.64. The van der Waals surface area contributed by atoms with Crippen LogP contribution >= 0.6 is 0 Å². The molecule has 0 aliphatic carbocycles. The van der Waals surface area contributed by atoms with Gasteiger partial charge in [0.1, 0.15) is 5.75 Å². The highest BCUT2D eigenvalue weighted by Gasteiger charge is 2.14. The molecule has 2 N–H and O–H groups in total. The van der Waals surface area contributed by atoms with Gasteiger partial charge in [-0.2, -0.15) is 5.11 Å². The standard InChI is InChI=1S/C24H19N3O2/c1-16-8-7-13-20(23(16)28)24(29)25-21-14-15-22(19-12-6-5-11-18(19)21)27-26-17-9-3-2-4-10-17/h2-15,28H,1H3,(H,25,29). The Morgan fingerprint density at radius 3 is 2.31 bits per heavy atom. The van der Waals surface area contributed by atoms with Crippen LogP contribution in [0.1, 0.15) is 15.9 Å². The number of fused-ring (bicyclic) bond motifs is 1. The molecular weight excluding hydrogens is 362 g/mol. The second-order valence-electron chi connectivity index (χ2n) is 6.64. The summed E-state index contributed by atoms with van der Waals surface area (Å²) in [6.07, 6.45) is 0. The molecule has 0 fully saturated rings. The van der Waals surface area contributed by atoms with Crippen LogP contribution in [0.25, 0.3) is 10.8 Å². The highest BCUT2D eigenvalue weighted by Crippen LogP contribution is 2.33. The summed E-state index contributed by atoms with van der Waals surface area (Å²) in [6, 6.07) is 25.9. The van der Waals surface area contributed by atoms with Crippen molar-refractivity contribution in [3.8, 4) is 5.75 Å². The van der Waals surface area contributed by atoms with Gasteiger partial charge in [0.05, 0.1) is 16.9 Å². The summed E-state index contributed by atoms with van der Waals surface area (Å²) in [4.78, 5) is 12.7. The average molecular weight is 381 g/mol. The Bertz CT molecular complexity index is 1220. The number of amides is 1. The molecule has 0 aromatic heterocycles. The van der Waals surface area contributed by atoms with Gasteiger partial charge in [-0.3, -0.25) is 4.79 Å². The highest BCUT2D eigenvalue weighted by molar-refractivity contribution is 6.12. The summed E-state index contributed by atoms with van der Waals surface area (Å²) in [5.74, 6) is -0.377. The van der Waals surface area contributed by atoms with Crippen molar-refractivity contribution in [2.24, 2.45) is 10.2 Å². The number of aryl methyl sites for hydroxylation is 1. The van der Waals surface area contributed by atoms with Crippen molar-refractivity contribution in [2.45, 2.75) is 6.92 Å². The van der Waals surface area contributed by atoms with Crippen LogP contribution in [0, 0.1) is 6.92 Å². The Hall–Kier alpha value is -3.99. The van der Waals surface area contributed by atoms with E-state index in [4.69, 9.17) is 0 Å². The summed E-state index contributed by atoms with van der Waals surface area (Å²) < 4.78 is 0. The number of carbonyl (C=O) groups excluding carboxylic acids is 1. The SMILES string of the molecule is Cc1cccc(C(=O)Nc2ccc(N=Nc3ccccc3)c3ccccc23)c1O. The van der Waals surface area contributed by atoms with Gasteiger partial charge in [0.25, 0.3) is 5.91 Å². The molecule has 0 spiro atoms. The lowest BCUT2D eigenvalue weighted by molar-refractivity contribution is 0.102. The molecule has 0 unspecified atom stereocenters. The number of carbonyl (C=O) groups is 1. The number of nitrogens with one attached hydrogen (secondary N) is 1. The van der Waals surface area contributed by atoms with Crippen LogP contribution in [0.3, 0.4) is 0 Å². The van der Waals surface area contributed by atoms with E-state index in [-0.39, 0.29) is 17.2 Å². The first-order chi connectivity index (χ1) is 14.1. The Morgan fingerprint density at radius 2 is 1.52 bits per heavy atom. The van der Waals surface area contributed by atoms with Gasteiger partial charge in [-0.05, 0) is 42.8 Å². The number of phenols is 1. The molecule has 4 aromatic carbocycles. The van der Waals surface area contributed by atoms with Gasteiger partial charge in [0, 0.05) is 16.5 Å². The van der Waals surface area contributed by atoms with E-state index >= 15 is 0 Å². The first-order valence-electron chi connectivity index (χ1n) is 9.22. The smallest absolute Gasteiger partial charge is 0.259 e. The number of azo groups is 1. The van der Waals surface area contributed by atoms with Crippen LogP contribution in [0.15, 0.2) is 95.2 Å². The summed E-state index contributed by atoms with van der Waals surface area (Å²) >= 11 is 0. The molecule has 4 aromatic rings. The number of benzene rings is 4. The summed E-state index contributed by atoms with van der Waals surface area (Å²) in [6.45, 7) is 1.76. The molecule has 0 radical (unpaired) electrons. The van der Waals surface area contributed by atoms with Crippen LogP contribution in [-0.4, -0.2) is 11.0 Å². The molecular formula is C24H19N3O2. The van der Waals surface area contributed by atoms with Crippen molar-refractivity contribution >= 4 is 33.7 Å². The van der Waals surface area contributed by atoms with Gasteiger partial charge >= 0.3 is 0 Å². The normalized spacial score (nSPS) is 11.1. The third-order valence-corrected chi connectivity index (χ3v) is 4.66. The molecule has 0 aliphatic rings. The molecule has 0 bridgehead atoms. The molecule has 0 aliphatic heterocycles. The zero-order chi connectivity index (χ0) is 20.2. The number of hydrogen-bond acceptors (Lipinski definition) is 4. The Kier molecular flexibility index (Phi) is 5.03. The molecule has 0 saturated heterocycles. The van der Waals surface area contributed by atoms with Crippen LogP contribution in [-0.2, 0) is 0 Å². The number of aromatic hydroxyl groups is 1. The Morgan fingerprint density at radius 1 is 0.793 bits per heavy atom. The van der Waals surface area contributed by atoms with Gasteiger partial charge in [-0.25, -0.2) is 0 Å². The quantitative estimate of drug-likeness (QED) is 0.395. The van der Waals surface area contributed by atoms with Gasteiger partial charge < -0.3 is 10.4 Å². The molecule has 1 amide bonds. The predicted octanol–water partition coefficient (Wildman–Crippen LogP) is 6.52. The van der Waals surface area contributed by atoms with Crippen LogP contribution in [0.2, 0.25) is 0 Å². The summed E-state index contributed by atoms with van der Waals surface area (Å²) in [5.41, 5.74) is 3.01. The van der Waals surface area contributed by atoms with Crippen molar-refractivity contribution in [1.29, 1.82) is 0 Å². The van der Waals surface area contributed by atoms with Gasteiger partial charge in [-0.15, -0.1) is 5.11 Å². The van der Waals surface area contributed by atoms with E-state index in [1.54, 1.807) is 31.2 Å². The maximum absolute atomic E-state index is 12.7. The third kappa shape index (κ3) is 3.84. The van der Waals surface area contributed by atoms with E-state index in [9.17, 15) is 9.90 Å². The number of rotatable bonds is 4. The van der Waals surface area contributed by atoms with Crippen molar-refractivity contribution in [3.05, 3.63) is 96.1 Å². The molecule has 0 atom stereocenters. The van der Waals surface area contributed by atoms with E-state index in [1.165, 1.54) is 0 Å². The third-order valence-electron chi connectivity index (χ3n) is 4.66. The van der Waals surface area contributed by atoms with E-state index < -0.39 is 0 Å². The first-order valence-corrected chi connectivity index (χ1v) is 9.22. The summed E-state index contributed by atoms with van der Waals surface area (Å²) in [5, 5.41) is 23.5. The fourth-order valence-corrected chi connectivity index (χ4v) is 3.12. The number of phenolic OH excluding ortho intramolecular Hbond substituents is 1. The van der Waals surface area contributed by atoms with E-state index in [0.717, 1.165) is 16.5 Å². The number of nitrogens with zero attached hydrogens (tertiary/aromatic N) is 2. The summed E-state index contributed by atoms with van der Waals surface area (Å²) in [7, 11) is 0. The zero-order valence-electron chi connectivity index (χ0n) is 15.8. The van der Waals surface area contributed by atoms with Crippen LogP contribution in [0.4, 0.5) is 17.1 Å².